The molecule has 152 valence electrons. The molecule has 0 aliphatic heterocycles. The monoisotopic (exact) mass is 404 g/mol. The Hall–Kier alpha value is -3.74. The molecule has 2 aromatic heterocycles. The van der Waals surface area contributed by atoms with Crippen molar-refractivity contribution in [2.45, 2.75) is 26.9 Å². The van der Waals surface area contributed by atoms with Gasteiger partial charge in [-0.25, -0.2) is 9.78 Å². The number of aromatic nitrogens is 2. The Kier molecular flexibility index (Phi) is 5.43. The molecule has 0 amide bonds. The van der Waals surface area contributed by atoms with Gasteiger partial charge in [0.15, 0.2) is 5.58 Å². The van der Waals surface area contributed by atoms with Crippen LogP contribution < -0.4 is 0 Å². The van der Waals surface area contributed by atoms with E-state index >= 15 is 0 Å². The molecule has 7 heteroatoms. The molecule has 0 saturated carbocycles. The Bertz CT molecular complexity index is 1250. The van der Waals surface area contributed by atoms with Crippen molar-refractivity contribution in [1.82, 2.24) is 10.1 Å². The fourth-order valence-electron chi connectivity index (χ4n) is 3.42. The molecule has 4 aromatic rings. The summed E-state index contributed by atoms with van der Waals surface area (Å²) in [6.07, 6.45) is -0.0433. The van der Waals surface area contributed by atoms with E-state index in [4.69, 9.17) is 14.0 Å². The Labute approximate surface area is 172 Å². The van der Waals surface area contributed by atoms with Gasteiger partial charge in [0.2, 0.25) is 0 Å². The second-order valence-corrected chi connectivity index (χ2v) is 6.76. The first-order valence-electron chi connectivity index (χ1n) is 9.62. The predicted molar refractivity (Wildman–Crippen MR) is 110 cm³/mol. The normalized spacial score (nSPS) is 11.0. The van der Waals surface area contributed by atoms with E-state index in [9.17, 15) is 9.59 Å². The van der Waals surface area contributed by atoms with Crippen molar-refractivity contribution in [2.24, 2.45) is 0 Å². The number of esters is 2. The molecule has 0 bridgehead atoms. The number of pyridine rings is 1. The number of carbonyl (C=O) groups is 2. The standard InChI is InChI=1S/C23H20N2O5/c1-3-28-23(27)22-14(2)15-8-4-6-10-17(15)24-19(22)13-29-21(26)12-18-16-9-5-7-11-20(16)30-25-18/h4-11H,3,12-13H2,1-2H3. The summed E-state index contributed by atoms with van der Waals surface area (Å²) in [5, 5.41) is 5.57. The van der Waals surface area contributed by atoms with E-state index in [-0.39, 0.29) is 19.6 Å². The molecule has 0 unspecified atom stereocenters. The third-order valence-corrected chi connectivity index (χ3v) is 4.84. The van der Waals surface area contributed by atoms with E-state index in [1.807, 2.05) is 49.4 Å². The summed E-state index contributed by atoms with van der Waals surface area (Å²) in [6.45, 7) is 3.67. The molecule has 4 rings (SSSR count). The van der Waals surface area contributed by atoms with Crippen molar-refractivity contribution in [3.63, 3.8) is 0 Å². The van der Waals surface area contributed by atoms with Crippen LogP contribution in [0.1, 0.15) is 34.2 Å². The topological polar surface area (TPSA) is 91.5 Å². The molecular weight excluding hydrogens is 384 g/mol. The van der Waals surface area contributed by atoms with E-state index in [2.05, 4.69) is 10.1 Å². The van der Waals surface area contributed by atoms with E-state index in [0.29, 0.717) is 22.5 Å². The van der Waals surface area contributed by atoms with Crippen molar-refractivity contribution in [1.29, 1.82) is 0 Å². The first-order valence-corrected chi connectivity index (χ1v) is 9.62. The number of benzene rings is 2. The molecule has 0 atom stereocenters. The highest BCUT2D eigenvalue weighted by atomic mass is 16.5. The molecule has 0 aliphatic rings. The second-order valence-electron chi connectivity index (χ2n) is 6.76. The lowest BCUT2D eigenvalue weighted by Crippen LogP contribution is -2.15. The van der Waals surface area contributed by atoms with Crippen LogP contribution in [0.5, 0.6) is 0 Å². The minimum Gasteiger partial charge on any atom is -0.462 e. The number of para-hydroxylation sites is 2. The van der Waals surface area contributed by atoms with E-state index < -0.39 is 11.9 Å². The Balaban J connectivity index is 1.58. The molecule has 7 nitrogen and oxygen atoms in total. The summed E-state index contributed by atoms with van der Waals surface area (Å²) < 4.78 is 15.9. The maximum atomic E-state index is 12.6. The van der Waals surface area contributed by atoms with Gasteiger partial charge in [0, 0.05) is 10.8 Å². The Morgan fingerprint density at radius 2 is 1.70 bits per heavy atom. The van der Waals surface area contributed by atoms with Gasteiger partial charge in [-0.05, 0) is 37.6 Å². The zero-order chi connectivity index (χ0) is 21.1. The van der Waals surface area contributed by atoms with Gasteiger partial charge in [-0.15, -0.1) is 0 Å². The molecule has 2 aromatic carbocycles. The van der Waals surface area contributed by atoms with Gasteiger partial charge in [-0.2, -0.15) is 0 Å². The number of carbonyl (C=O) groups excluding carboxylic acids is 2. The van der Waals surface area contributed by atoms with Crippen LogP contribution in [-0.4, -0.2) is 28.7 Å². The maximum Gasteiger partial charge on any atom is 0.340 e. The van der Waals surface area contributed by atoms with Crippen LogP contribution in [0.2, 0.25) is 0 Å². The van der Waals surface area contributed by atoms with Gasteiger partial charge < -0.3 is 14.0 Å². The van der Waals surface area contributed by atoms with E-state index in [1.54, 1.807) is 13.0 Å². The maximum absolute atomic E-state index is 12.6. The highest BCUT2D eigenvalue weighted by Crippen LogP contribution is 2.25. The predicted octanol–water partition coefficient (Wildman–Crippen LogP) is 4.15. The van der Waals surface area contributed by atoms with Gasteiger partial charge in [0.05, 0.1) is 29.8 Å². The van der Waals surface area contributed by atoms with Gasteiger partial charge in [-0.3, -0.25) is 4.79 Å². The van der Waals surface area contributed by atoms with Crippen molar-refractivity contribution < 1.29 is 23.6 Å². The quantitative estimate of drug-likeness (QED) is 0.446. The zero-order valence-corrected chi connectivity index (χ0v) is 16.7. The lowest BCUT2D eigenvalue weighted by molar-refractivity contribution is -0.144. The number of hydrogen-bond acceptors (Lipinski definition) is 7. The minimum absolute atomic E-state index is 0.0433. The highest BCUT2D eigenvalue weighted by molar-refractivity contribution is 5.98. The lowest BCUT2D eigenvalue weighted by atomic mass is 10.0. The molecular formula is C23H20N2O5. The fraction of sp³-hybridized carbons (Fsp3) is 0.217. The molecule has 0 spiro atoms. The van der Waals surface area contributed by atoms with E-state index in [0.717, 1.165) is 21.9 Å². The summed E-state index contributed by atoms with van der Waals surface area (Å²) in [7, 11) is 0. The van der Waals surface area contributed by atoms with Crippen molar-refractivity contribution in [3.8, 4) is 0 Å². The van der Waals surface area contributed by atoms with Gasteiger partial charge in [0.25, 0.3) is 0 Å². The summed E-state index contributed by atoms with van der Waals surface area (Å²) in [5.41, 5.74) is 3.27. The molecule has 30 heavy (non-hydrogen) atoms. The van der Waals surface area contributed by atoms with Crippen LogP contribution in [-0.2, 0) is 27.3 Å². The smallest absolute Gasteiger partial charge is 0.340 e. The summed E-state index contributed by atoms with van der Waals surface area (Å²) in [4.78, 5) is 29.5. The van der Waals surface area contributed by atoms with Crippen molar-refractivity contribution in [2.75, 3.05) is 6.61 Å². The van der Waals surface area contributed by atoms with Gasteiger partial charge >= 0.3 is 11.9 Å². The van der Waals surface area contributed by atoms with Gasteiger partial charge in [0.1, 0.15) is 12.3 Å². The number of rotatable bonds is 6. The SMILES string of the molecule is CCOC(=O)c1c(COC(=O)Cc2noc3ccccc23)nc2ccccc2c1C. The molecule has 0 radical (unpaired) electrons. The first-order chi connectivity index (χ1) is 14.6. The molecule has 0 aliphatic carbocycles. The fourth-order valence-corrected chi connectivity index (χ4v) is 3.42. The third kappa shape index (κ3) is 3.74. The molecule has 0 fully saturated rings. The largest absolute Gasteiger partial charge is 0.462 e. The number of hydrogen-bond donors (Lipinski definition) is 0. The third-order valence-electron chi connectivity index (χ3n) is 4.84. The number of ether oxygens (including phenoxy) is 2. The van der Waals surface area contributed by atoms with Crippen LogP contribution in [0, 0.1) is 6.92 Å². The van der Waals surface area contributed by atoms with E-state index in [1.165, 1.54) is 0 Å². The molecule has 0 saturated heterocycles. The Morgan fingerprint density at radius 1 is 0.967 bits per heavy atom. The van der Waals surface area contributed by atoms with Crippen LogP contribution in [0.4, 0.5) is 0 Å². The highest BCUT2D eigenvalue weighted by Gasteiger charge is 2.21. The lowest BCUT2D eigenvalue weighted by Gasteiger charge is -2.14. The molecule has 0 N–H and O–H groups in total. The number of nitrogens with zero attached hydrogens (tertiary/aromatic N) is 2. The second kappa shape index (κ2) is 8.32. The number of fused-ring (bicyclic) bond motifs is 2. The van der Waals surface area contributed by atoms with Crippen LogP contribution in [0.3, 0.4) is 0 Å². The Morgan fingerprint density at radius 3 is 2.50 bits per heavy atom. The van der Waals surface area contributed by atoms with Crippen LogP contribution in [0.15, 0.2) is 53.1 Å². The summed E-state index contributed by atoms with van der Waals surface area (Å²) in [5.74, 6) is -0.974. The van der Waals surface area contributed by atoms with Gasteiger partial charge in [-0.1, -0.05) is 35.5 Å². The summed E-state index contributed by atoms with van der Waals surface area (Å²) in [6, 6.07) is 14.8. The average molecular weight is 404 g/mol. The van der Waals surface area contributed by atoms with Crippen LogP contribution >= 0.6 is 0 Å². The number of aryl methyl sites for hydroxylation is 1. The van der Waals surface area contributed by atoms with Crippen LogP contribution in [0.25, 0.3) is 21.9 Å². The minimum atomic E-state index is -0.489. The zero-order valence-electron chi connectivity index (χ0n) is 16.7. The first kappa shape index (κ1) is 19.6. The molecule has 2 heterocycles. The average Bonchev–Trinajstić information content (AvgIpc) is 3.15. The van der Waals surface area contributed by atoms with Crippen molar-refractivity contribution >= 4 is 33.8 Å². The van der Waals surface area contributed by atoms with Crippen molar-refractivity contribution in [3.05, 3.63) is 71.0 Å². The summed E-state index contributed by atoms with van der Waals surface area (Å²) >= 11 is 0.